The predicted octanol–water partition coefficient (Wildman–Crippen LogP) is 3.23. The topological polar surface area (TPSA) is 41.8 Å². The molecule has 0 bridgehead atoms. The van der Waals surface area contributed by atoms with Crippen LogP contribution in [0.2, 0.25) is 0 Å². The standard InChI is InChI=1S/C12H11NO2S/c1-15-10-4-5-11(9(7-10)8-13-14)12-3-2-6-16-12/h2-8,14H,1H3/b13-8+. The van der Waals surface area contributed by atoms with Crippen molar-refractivity contribution in [3.8, 4) is 16.2 Å². The number of oxime groups is 1. The lowest BCUT2D eigenvalue weighted by Crippen LogP contribution is -1.89. The third-order valence-corrected chi connectivity index (χ3v) is 3.15. The van der Waals surface area contributed by atoms with E-state index in [9.17, 15) is 0 Å². The quantitative estimate of drug-likeness (QED) is 0.502. The molecule has 0 saturated carbocycles. The van der Waals surface area contributed by atoms with E-state index >= 15 is 0 Å². The van der Waals surface area contributed by atoms with Crippen LogP contribution in [0.25, 0.3) is 10.4 Å². The molecule has 4 heteroatoms. The van der Waals surface area contributed by atoms with Gasteiger partial charge in [-0.25, -0.2) is 0 Å². The summed E-state index contributed by atoms with van der Waals surface area (Å²) < 4.78 is 5.13. The zero-order valence-corrected chi connectivity index (χ0v) is 9.57. The molecule has 0 unspecified atom stereocenters. The Morgan fingerprint density at radius 1 is 1.38 bits per heavy atom. The highest BCUT2D eigenvalue weighted by Crippen LogP contribution is 2.29. The normalized spacial score (nSPS) is 10.8. The first-order valence-corrected chi connectivity index (χ1v) is 5.62. The molecule has 0 aliphatic carbocycles. The lowest BCUT2D eigenvalue weighted by Gasteiger charge is -2.05. The molecular weight excluding hydrogens is 222 g/mol. The first-order chi connectivity index (χ1) is 7.85. The maximum Gasteiger partial charge on any atom is 0.119 e. The zero-order valence-electron chi connectivity index (χ0n) is 8.75. The Labute approximate surface area is 97.6 Å². The Morgan fingerprint density at radius 3 is 2.88 bits per heavy atom. The van der Waals surface area contributed by atoms with Crippen LogP contribution in [-0.4, -0.2) is 18.5 Å². The van der Waals surface area contributed by atoms with E-state index < -0.39 is 0 Å². The second kappa shape index (κ2) is 4.81. The van der Waals surface area contributed by atoms with Crippen molar-refractivity contribution >= 4 is 17.6 Å². The maximum absolute atomic E-state index is 8.64. The molecule has 0 spiro atoms. The van der Waals surface area contributed by atoms with Gasteiger partial charge < -0.3 is 9.94 Å². The van der Waals surface area contributed by atoms with Gasteiger partial charge in [-0.1, -0.05) is 11.2 Å². The smallest absolute Gasteiger partial charge is 0.119 e. The molecule has 82 valence electrons. The maximum atomic E-state index is 8.64. The van der Waals surface area contributed by atoms with E-state index in [1.807, 2.05) is 35.7 Å². The van der Waals surface area contributed by atoms with Gasteiger partial charge in [0.1, 0.15) is 5.75 Å². The molecule has 1 N–H and O–H groups in total. The van der Waals surface area contributed by atoms with Crippen LogP contribution in [0, 0.1) is 0 Å². The van der Waals surface area contributed by atoms with Crippen molar-refractivity contribution in [2.24, 2.45) is 5.16 Å². The molecule has 0 aliphatic rings. The number of benzene rings is 1. The van der Waals surface area contributed by atoms with Gasteiger partial charge in [0.25, 0.3) is 0 Å². The molecule has 0 aliphatic heterocycles. The molecule has 2 aromatic rings. The summed E-state index contributed by atoms with van der Waals surface area (Å²) in [5, 5.41) is 13.7. The van der Waals surface area contributed by atoms with Gasteiger partial charge in [0.15, 0.2) is 0 Å². The van der Waals surface area contributed by atoms with Crippen molar-refractivity contribution in [1.29, 1.82) is 0 Å². The fourth-order valence-electron chi connectivity index (χ4n) is 1.49. The fourth-order valence-corrected chi connectivity index (χ4v) is 2.27. The number of methoxy groups -OCH3 is 1. The molecule has 16 heavy (non-hydrogen) atoms. The summed E-state index contributed by atoms with van der Waals surface area (Å²) in [6, 6.07) is 9.71. The lowest BCUT2D eigenvalue weighted by atomic mass is 10.1. The Kier molecular flexibility index (Phi) is 3.22. The van der Waals surface area contributed by atoms with E-state index in [0.717, 1.165) is 21.8 Å². The second-order valence-corrected chi connectivity index (χ2v) is 4.12. The van der Waals surface area contributed by atoms with E-state index in [4.69, 9.17) is 9.94 Å². The fraction of sp³-hybridized carbons (Fsp3) is 0.0833. The second-order valence-electron chi connectivity index (χ2n) is 3.18. The summed E-state index contributed by atoms with van der Waals surface area (Å²) in [5.41, 5.74) is 1.87. The number of thiophene rings is 1. The highest BCUT2D eigenvalue weighted by atomic mass is 32.1. The van der Waals surface area contributed by atoms with Crippen molar-refractivity contribution in [3.05, 3.63) is 41.3 Å². The number of rotatable bonds is 3. The Bertz CT molecular complexity index is 492. The van der Waals surface area contributed by atoms with Gasteiger partial charge in [0, 0.05) is 16.0 Å². The number of nitrogens with zero attached hydrogens (tertiary/aromatic N) is 1. The number of hydrogen-bond acceptors (Lipinski definition) is 4. The van der Waals surface area contributed by atoms with Crippen LogP contribution in [0.3, 0.4) is 0 Å². The molecule has 1 heterocycles. The van der Waals surface area contributed by atoms with E-state index in [0.29, 0.717) is 0 Å². The minimum Gasteiger partial charge on any atom is -0.497 e. The lowest BCUT2D eigenvalue weighted by molar-refractivity contribution is 0.322. The van der Waals surface area contributed by atoms with Crippen LogP contribution < -0.4 is 4.74 Å². The summed E-state index contributed by atoms with van der Waals surface area (Å²) in [7, 11) is 1.61. The third kappa shape index (κ3) is 2.06. The van der Waals surface area contributed by atoms with Crippen molar-refractivity contribution in [2.75, 3.05) is 7.11 Å². The number of ether oxygens (including phenoxy) is 1. The van der Waals surface area contributed by atoms with Crippen molar-refractivity contribution in [3.63, 3.8) is 0 Å². The van der Waals surface area contributed by atoms with E-state index in [-0.39, 0.29) is 0 Å². The predicted molar refractivity (Wildman–Crippen MR) is 65.7 cm³/mol. The van der Waals surface area contributed by atoms with Gasteiger partial charge in [-0.05, 0) is 29.6 Å². The SMILES string of the molecule is COc1ccc(-c2cccs2)c(/C=N/O)c1. The summed E-state index contributed by atoms with van der Waals surface area (Å²) in [6.45, 7) is 0. The average molecular weight is 233 g/mol. The van der Waals surface area contributed by atoms with Crippen LogP contribution in [0.15, 0.2) is 40.9 Å². The van der Waals surface area contributed by atoms with Gasteiger partial charge in [0.2, 0.25) is 0 Å². The van der Waals surface area contributed by atoms with Gasteiger partial charge in [-0.2, -0.15) is 0 Å². The minimum atomic E-state index is 0.746. The molecule has 0 atom stereocenters. The Morgan fingerprint density at radius 2 is 2.25 bits per heavy atom. The van der Waals surface area contributed by atoms with Crippen LogP contribution in [0.1, 0.15) is 5.56 Å². The zero-order chi connectivity index (χ0) is 11.4. The summed E-state index contributed by atoms with van der Waals surface area (Å²) in [4.78, 5) is 1.14. The van der Waals surface area contributed by atoms with E-state index in [2.05, 4.69) is 5.16 Å². The molecule has 0 amide bonds. The number of hydrogen-bond donors (Lipinski definition) is 1. The first-order valence-electron chi connectivity index (χ1n) is 4.74. The van der Waals surface area contributed by atoms with Gasteiger partial charge in [-0.3, -0.25) is 0 Å². The summed E-state index contributed by atoms with van der Waals surface area (Å²) >= 11 is 1.65. The summed E-state index contributed by atoms with van der Waals surface area (Å²) in [6.07, 6.45) is 1.41. The molecule has 0 saturated heterocycles. The highest BCUT2D eigenvalue weighted by Gasteiger charge is 2.06. The average Bonchev–Trinajstić information content (AvgIpc) is 2.83. The Hall–Kier alpha value is -1.81. The highest BCUT2D eigenvalue weighted by molar-refractivity contribution is 7.13. The largest absolute Gasteiger partial charge is 0.497 e. The molecule has 0 fully saturated rings. The molecular formula is C12H11NO2S. The van der Waals surface area contributed by atoms with Crippen LogP contribution in [0.4, 0.5) is 0 Å². The van der Waals surface area contributed by atoms with Crippen LogP contribution in [-0.2, 0) is 0 Å². The van der Waals surface area contributed by atoms with Crippen molar-refractivity contribution in [1.82, 2.24) is 0 Å². The molecule has 1 aromatic heterocycles. The van der Waals surface area contributed by atoms with Gasteiger partial charge in [-0.15, -0.1) is 11.3 Å². The Balaban J connectivity index is 2.52. The third-order valence-electron chi connectivity index (χ3n) is 2.24. The molecule has 1 aromatic carbocycles. The van der Waals surface area contributed by atoms with E-state index in [1.165, 1.54) is 6.21 Å². The molecule has 0 radical (unpaired) electrons. The van der Waals surface area contributed by atoms with Crippen LogP contribution in [0.5, 0.6) is 5.75 Å². The van der Waals surface area contributed by atoms with E-state index in [1.54, 1.807) is 18.4 Å². The molecule has 3 nitrogen and oxygen atoms in total. The summed E-state index contributed by atoms with van der Waals surface area (Å²) in [5.74, 6) is 0.746. The van der Waals surface area contributed by atoms with Crippen molar-refractivity contribution in [2.45, 2.75) is 0 Å². The monoisotopic (exact) mass is 233 g/mol. The van der Waals surface area contributed by atoms with Crippen molar-refractivity contribution < 1.29 is 9.94 Å². The first kappa shape index (κ1) is 10.7. The van der Waals surface area contributed by atoms with Gasteiger partial charge in [0.05, 0.1) is 13.3 Å². The minimum absolute atomic E-state index is 0.746. The van der Waals surface area contributed by atoms with Gasteiger partial charge >= 0.3 is 0 Å². The molecule has 2 rings (SSSR count). The van der Waals surface area contributed by atoms with Crippen LogP contribution >= 0.6 is 11.3 Å².